The van der Waals surface area contributed by atoms with Crippen LogP contribution in [0.2, 0.25) is 5.02 Å². The van der Waals surface area contributed by atoms with Crippen molar-refractivity contribution in [3.05, 3.63) is 64.7 Å². The van der Waals surface area contributed by atoms with Crippen molar-refractivity contribution in [3.8, 4) is 5.75 Å². The average molecular weight is 302 g/mol. The third kappa shape index (κ3) is 3.39. The molecule has 110 valence electrons. The number of hydrogen-bond donors (Lipinski definition) is 1. The average Bonchev–Trinajstić information content (AvgIpc) is 2.44. The zero-order valence-corrected chi connectivity index (χ0v) is 13.2. The van der Waals surface area contributed by atoms with Crippen molar-refractivity contribution in [1.82, 2.24) is 5.32 Å². The van der Waals surface area contributed by atoms with E-state index >= 15 is 0 Å². The van der Waals surface area contributed by atoms with E-state index in [4.69, 9.17) is 16.3 Å². The van der Waals surface area contributed by atoms with E-state index < -0.39 is 0 Å². The van der Waals surface area contributed by atoms with Gasteiger partial charge in [-0.1, -0.05) is 41.9 Å². The number of nitrogens with one attached hydrogen (secondary N) is 1. The monoisotopic (exact) mass is 301 g/mol. The molecule has 1 aliphatic heterocycles. The number of ether oxygens (including phenoxy) is 1. The SMILES string of the molecule is CC1(C)CC(NCc2cccc(Cl)c2)c2ccccc2O1. The standard InChI is InChI=1S/C18H20ClNO/c1-18(2)11-16(15-8-3-4-9-17(15)21-18)20-12-13-6-5-7-14(19)10-13/h3-10,16,20H,11-12H2,1-2H3. The molecule has 0 spiro atoms. The highest BCUT2D eigenvalue weighted by atomic mass is 35.5. The van der Waals surface area contributed by atoms with Gasteiger partial charge in [0.1, 0.15) is 11.4 Å². The Balaban J connectivity index is 1.78. The molecule has 2 nitrogen and oxygen atoms in total. The van der Waals surface area contributed by atoms with Crippen LogP contribution in [0.1, 0.15) is 37.4 Å². The Morgan fingerprint density at radius 2 is 2.00 bits per heavy atom. The fourth-order valence-corrected chi connectivity index (χ4v) is 3.09. The molecule has 3 heteroatoms. The van der Waals surface area contributed by atoms with Crippen LogP contribution in [0.4, 0.5) is 0 Å². The van der Waals surface area contributed by atoms with E-state index in [0.717, 1.165) is 23.7 Å². The van der Waals surface area contributed by atoms with Crippen molar-refractivity contribution in [2.75, 3.05) is 0 Å². The maximum Gasteiger partial charge on any atom is 0.124 e. The lowest BCUT2D eigenvalue weighted by Gasteiger charge is -2.38. The predicted octanol–water partition coefficient (Wildman–Crippen LogP) is 4.73. The molecule has 1 atom stereocenters. The van der Waals surface area contributed by atoms with Gasteiger partial charge < -0.3 is 10.1 Å². The van der Waals surface area contributed by atoms with Gasteiger partial charge in [0.2, 0.25) is 0 Å². The second-order valence-electron chi connectivity index (χ2n) is 6.17. The number of rotatable bonds is 3. The van der Waals surface area contributed by atoms with Crippen molar-refractivity contribution in [1.29, 1.82) is 0 Å². The minimum atomic E-state index is -0.152. The number of fused-ring (bicyclic) bond motifs is 1. The Bertz CT molecular complexity index is 639. The minimum absolute atomic E-state index is 0.152. The van der Waals surface area contributed by atoms with Crippen molar-refractivity contribution < 1.29 is 4.74 Å². The van der Waals surface area contributed by atoms with E-state index in [0.29, 0.717) is 6.04 Å². The summed E-state index contributed by atoms with van der Waals surface area (Å²) in [6, 6.07) is 16.6. The predicted molar refractivity (Wildman–Crippen MR) is 86.8 cm³/mol. The molecule has 21 heavy (non-hydrogen) atoms. The van der Waals surface area contributed by atoms with Crippen LogP contribution in [-0.2, 0) is 6.54 Å². The van der Waals surface area contributed by atoms with Crippen LogP contribution in [0, 0.1) is 0 Å². The smallest absolute Gasteiger partial charge is 0.124 e. The first-order chi connectivity index (χ1) is 10.0. The quantitative estimate of drug-likeness (QED) is 0.884. The van der Waals surface area contributed by atoms with Crippen molar-refractivity contribution in [2.24, 2.45) is 0 Å². The van der Waals surface area contributed by atoms with Gasteiger partial charge in [-0.05, 0) is 37.6 Å². The van der Waals surface area contributed by atoms with Gasteiger partial charge in [-0.3, -0.25) is 0 Å². The molecule has 2 aromatic rings. The summed E-state index contributed by atoms with van der Waals surface area (Å²) in [5, 5.41) is 4.42. The molecule has 0 bridgehead atoms. The van der Waals surface area contributed by atoms with Gasteiger partial charge in [-0.25, -0.2) is 0 Å². The van der Waals surface area contributed by atoms with Gasteiger partial charge >= 0.3 is 0 Å². The van der Waals surface area contributed by atoms with Gasteiger partial charge in [-0.15, -0.1) is 0 Å². The van der Waals surface area contributed by atoms with Gasteiger partial charge in [0.15, 0.2) is 0 Å². The number of hydrogen-bond acceptors (Lipinski definition) is 2. The highest BCUT2D eigenvalue weighted by molar-refractivity contribution is 6.30. The maximum absolute atomic E-state index is 6.06. The third-order valence-electron chi connectivity index (χ3n) is 3.82. The molecule has 1 heterocycles. The van der Waals surface area contributed by atoms with E-state index in [1.165, 1.54) is 11.1 Å². The molecule has 0 amide bonds. The van der Waals surface area contributed by atoms with Crippen LogP contribution in [-0.4, -0.2) is 5.60 Å². The second-order valence-corrected chi connectivity index (χ2v) is 6.60. The first-order valence-corrected chi connectivity index (χ1v) is 7.67. The topological polar surface area (TPSA) is 21.3 Å². The molecular formula is C18H20ClNO. The van der Waals surface area contributed by atoms with Crippen LogP contribution in [0.15, 0.2) is 48.5 Å². The maximum atomic E-state index is 6.06. The van der Waals surface area contributed by atoms with E-state index in [-0.39, 0.29) is 5.60 Å². The van der Waals surface area contributed by atoms with Crippen LogP contribution < -0.4 is 10.1 Å². The fourth-order valence-electron chi connectivity index (χ4n) is 2.87. The van der Waals surface area contributed by atoms with Gasteiger partial charge in [-0.2, -0.15) is 0 Å². The third-order valence-corrected chi connectivity index (χ3v) is 4.05. The Morgan fingerprint density at radius 3 is 2.81 bits per heavy atom. The van der Waals surface area contributed by atoms with Gasteiger partial charge in [0, 0.05) is 29.6 Å². The van der Waals surface area contributed by atoms with Gasteiger partial charge in [0.25, 0.3) is 0 Å². The van der Waals surface area contributed by atoms with Crippen molar-refractivity contribution in [3.63, 3.8) is 0 Å². The van der Waals surface area contributed by atoms with E-state index in [1.54, 1.807) is 0 Å². The number of para-hydroxylation sites is 1. The Morgan fingerprint density at radius 1 is 1.19 bits per heavy atom. The minimum Gasteiger partial charge on any atom is -0.487 e. The lowest BCUT2D eigenvalue weighted by molar-refractivity contribution is 0.0657. The van der Waals surface area contributed by atoms with Crippen LogP contribution in [0.3, 0.4) is 0 Å². The molecule has 2 aromatic carbocycles. The van der Waals surface area contributed by atoms with E-state index in [2.05, 4.69) is 37.4 Å². The molecule has 3 rings (SSSR count). The lowest BCUT2D eigenvalue weighted by atomic mass is 9.89. The summed E-state index contributed by atoms with van der Waals surface area (Å²) in [6.45, 7) is 5.07. The normalized spacial score (nSPS) is 19.7. The van der Waals surface area contributed by atoms with Gasteiger partial charge in [0.05, 0.1) is 0 Å². The summed E-state index contributed by atoms with van der Waals surface area (Å²) in [6.07, 6.45) is 0.949. The Hall–Kier alpha value is -1.51. The second kappa shape index (κ2) is 5.70. The number of halogens is 1. The fraction of sp³-hybridized carbons (Fsp3) is 0.333. The Kier molecular flexibility index (Phi) is 3.92. The van der Waals surface area contributed by atoms with Crippen LogP contribution >= 0.6 is 11.6 Å². The molecule has 1 unspecified atom stereocenters. The van der Waals surface area contributed by atoms with Crippen molar-refractivity contribution in [2.45, 2.75) is 38.5 Å². The molecule has 0 aliphatic carbocycles. The summed E-state index contributed by atoms with van der Waals surface area (Å²) < 4.78 is 6.06. The molecule has 0 fully saturated rings. The van der Waals surface area contributed by atoms with Crippen LogP contribution in [0.5, 0.6) is 5.75 Å². The molecule has 0 saturated carbocycles. The summed E-state index contributed by atoms with van der Waals surface area (Å²) in [5.41, 5.74) is 2.28. The summed E-state index contributed by atoms with van der Waals surface area (Å²) in [5.74, 6) is 0.984. The zero-order valence-electron chi connectivity index (χ0n) is 12.4. The van der Waals surface area contributed by atoms with E-state index in [1.807, 2.05) is 30.3 Å². The first-order valence-electron chi connectivity index (χ1n) is 7.29. The molecule has 0 saturated heterocycles. The van der Waals surface area contributed by atoms with Crippen LogP contribution in [0.25, 0.3) is 0 Å². The number of benzene rings is 2. The molecule has 0 radical (unpaired) electrons. The highest BCUT2D eigenvalue weighted by Gasteiger charge is 2.33. The molecule has 1 N–H and O–H groups in total. The Labute approximate surface area is 131 Å². The highest BCUT2D eigenvalue weighted by Crippen LogP contribution is 2.39. The lowest BCUT2D eigenvalue weighted by Crippen LogP contribution is -2.39. The van der Waals surface area contributed by atoms with Crippen molar-refractivity contribution >= 4 is 11.6 Å². The zero-order chi connectivity index (χ0) is 14.9. The first kappa shape index (κ1) is 14.4. The molecule has 0 aromatic heterocycles. The summed E-state index contributed by atoms with van der Waals surface area (Å²) >= 11 is 6.04. The summed E-state index contributed by atoms with van der Waals surface area (Å²) in [4.78, 5) is 0. The molecule has 1 aliphatic rings. The molecular weight excluding hydrogens is 282 g/mol. The van der Waals surface area contributed by atoms with E-state index in [9.17, 15) is 0 Å². The largest absolute Gasteiger partial charge is 0.487 e. The summed E-state index contributed by atoms with van der Waals surface area (Å²) in [7, 11) is 0.